The zero-order chi connectivity index (χ0) is 24.9. The molecular formula is C26H27N3O5S. The van der Waals surface area contributed by atoms with Crippen molar-refractivity contribution in [3.8, 4) is 22.9 Å². The number of hydrogen-bond acceptors (Lipinski definition) is 8. The minimum atomic E-state index is -0.383. The van der Waals surface area contributed by atoms with Crippen molar-refractivity contribution in [3.63, 3.8) is 0 Å². The molecule has 0 bridgehead atoms. The van der Waals surface area contributed by atoms with Crippen LogP contribution in [0.25, 0.3) is 11.1 Å². The molecule has 0 spiro atoms. The second-order valence-corrected chi connectivity index (χ2v) is 9.41. The first kappa shape index (κ1) is 24.7. The largest absolute Gasteiger partial charge is 0.489 e. The van der Waals surface area contributed by atoms with E-state index < -0.39 is 0 Å². The van der Waals surface area contributed by atoms with Crippen LogP contribution in [0, 0.1) is 20.8 Å². The Morgan fingerprint density at radius 3 is 2.34 bits per heavy atom. The Hall–Kier alpha value is -3.43. The van der Waals surface area contributed by atoms with Crippen molar-refractivity contribution >= 4 is 22.9 Å². The molecule has 1 saturated heterocycles. The topological polar surface area (TPSA) is 111 Å². The van der Waals surface area contributed by atoms with Crippen LogP contribution >= 0.6 is 11.8 Å². The monoisotopic (exact) mass is 493 g/mol. The van der Waals surface area contributed by atoms with Crippen molar-refractivity contribution < 1.29 is 24.2 Å². The Bertz CT molecular complexity index is 1220. The summed E-state index contributed by atoms with van der Waals surface area (Å²) in [5, 5.41) is 10.6. The molecule has 3 aromatic rings. The summed E-state index contributed by atoms with van der Waals surface area (Å²) in [4.78, 5) is 32.0. The summed E-state index contributed by atoms with van der Waals surface area (Å²) in [5.41, 5.74) is 6.69. The summed E-state index contributed by atoms with van der Waals surface area (Å²) in [6.45, 7) is 6.35. The molecule has 2 N–H and O–H groups in total. The highest BCUT2D eigenvalue weighted by molar-refractivity contribution is 8.15. The van der Waals surface area contributed by atoms with Gasteiger partial charge in [0.15, 0.2) is 0 Å². The molecule has 2 amide bonds. The van der Waals surface area contributed by atoms with Crippen LogP contribution in [0.3, 0.4) is 0 Å². The molecule has 35 heavy (non-hydrogen) atoms. The fraction of sp³-hybridized carbons (Fsp3) is 0.308. The van der Waals surface area contributed by atoms with Crippen LogP contribution in [0.1, 0.15) is 28.1 Å². The third-order valence-electron chi connectivity index (χ3n) is 5.79. The van der Waals surface area contributed by atoms with Gasteiger partial charge in [0, 0.05) is 5.56 Å². The lowest BCUT2D eigenvalue weighted by Gasteiger charge is -2.16. The number of benzene rings is 2. The Balaban J connectivity index is 1.45. The van der Waals surface area contributed by atoms with Gasteiger partial charge in [0.1, 0.15) is 19.0 Å². The number of aromatic nitrogens is 2. The highest BCUT2D eigenvalue weighted by Crippen LogP contribution is 2.31. The lowest BCUT2D eigenvalue weighted by Crippen LogP contribution is -2.25. The van der Waals surface area contributed by atoms with Gasteiger partial charge in [0.2, 0.25) is 5.91 Å². The van der Waals surface area contributed by atoms with Crippen molar-refractivity contribution in [1.82, 2.24) is 15.3 Å². The molecule has 2 heterocycles. The van der Waals surface area contributed by atoms with Gasteiger partial charge >= 0.3 is 6.01 Å². The van der Waals surface area contributed by atoms with Gasteiger partial charge in [-0.3, -0.25) is 14.9 Å². The van der Waals surface area contributed by atoms with Crippen molar-refractivity contribution in [2.24, 2.45) is 0 Å². The van der Waals surface area contributed by atoms with E-state index in [2.05, 4.69) is 22.2 Å². The fourth-order valence-electron chi connectivity index (χ4n) is 4.01. The molecule has 9 heteroatoms. The van der Waals surface area contributed by atoms with E-state index >= 15 is 0 Å². The number of aryl methyl sites for hydroxylation is 2. The van der Waals surface area contributed by atoms with Crippen LogP contribution in [0.15, 0.2) is 42.5 Å². The number of ether oxygens (including phenoxy) is 2. The molecule has 8 nitrogen and oxygen atoms in total. The summed E-state index contributed by atoms with van der Waals surface area (Å²) in [5.74, 6) is 0.484. The molecule has 1 atom stereocenters. The number of carbonyl (C=O) groups is 2. The number of hydrogen-bond donors (Lipinski definition) is 2. The highest BCUT2D eigenvalue weighted by Gasteiger charge is 2.31. The number of imide groups is 1. The summed E-state index contributed by atoms with van der Waals surface area (Å²) in [6, 6.07) is 13.9. The molecule has 1 aliphatic rings. The first-order valence-corrected chi connectivity index (χ1v) is 12.1. The summed E-state index contributed by atoms with van der Waals surface area (Å²) in [7, 11) is 0. The maximum Gasteiger partial charge on any atom is 0.316 e. The predicted molar refractivity (Wildman–Crippen MR) is 134 cm³/mol. The predicted octanol–water partition coefficient (Wildman–Crippen LogP) is 3.91. The molecule has 0 radical (unpaired) electrons. The standard InChI is InChI=1S/C26H27N3O5S/c1-15-19(5-4-6-21(15)23-16(2)27-25(28-17(23)3)33-12-11-30)14-34-20-9-7-18(8-10-20)13-22-24(31)29-26(32)35-22/h4-10,22,30H,11-14H2,1-3H3,(H,29,31,32). The van der Waals surface area contributed by atoms with Crippen molar-refractivity contribution in [2.75, 3.05) is 13.2 Å². The van der Waals surface area contributed by atoms with E-state index in [1.54, 1.807) is 0 Å². The van der Waals surface area contributed by atoms with E-state index in [-0.39, 0.29) is 35.6 Å². The number of amides is 2. The van der Waals surface area contributed by atoms with Crippen molar-refractivity contribution in [2.45, 2.75) is 39.0 Å². The first-order valence-electron chi connectivity index (χ1n) is 11.3. The Kier molecular flexibility index (Phi) is 7.67. The van der Waals surface area contributed by atoms with E-state index in [0.29, 0.717) is 13.0 Å². The average molecular weight is 494 g/mol. The summed E-state index contributed by atoms with van der Waals surface area (Å²) >= 11 is 1.03. The van der Waals surface area contributed by atoms with Gasteiger partial charge in [-0.2, -0.15) is 9.97 Å². The number of aliphatic hydroxyl groups excluding tert-OH is 1. The minimum absolute atomic E-state index is 0.0924. The molecule has 0 saturated carbocycles. The maximum atomic E-state index is 11.8. The third-order valence-corrected chi connectivity index (χ3v) is 6.78. The van der Waals surface area contributed by atoms with Crippen molar-refractivity contribution in [1.29, 1.82) is 0 Å². The van der Waals surface area contributed by atoms with Crippen LogP contribution in [-0.2, 0) is 17.8 Å². The van der Waals surface area contributed by atoms with Gasteiger partial charge in [-0.15, -0.1) is 0 Å². The van der Waals surface area contributed by atoms with Crippen LogP contribution < -0.4 is 14.8 Å². The van der Waals surface area contributed by atoms with E-state index in [4.69, 9.17) is 14.6 Å². The van der Waals surface area contributed by atoms with Crippen LogP contribution in [0.4, 0.5) is 4.79 Å². The number of aliphatic hydroxyl groups is 1. The highest BCUT2D eigenvalue weighted by atomic mass is 32.2. The minimum Gasteiger partial charge on any atom is -0.489 e. The molecule has 4 rings (SSSR count). The van der Waals surface area contributed by atoms with Gasteiger partial charge < -0.3 is 14.6 Å². The van der Waals surface area contributed by atoms with E-state index in [1.807, 2.05) is 56.3 Å². The zero-order valence-electron chi connectivity index (χ0n) is 19.8. The number of thioether (sulfide) groups is 1. The Morgan fingerprint density at radius 1 is 1.00 bits per heavy atom. The number of nitrogens with zero attached hydrogens (tertiary/aromatic N) is 2. The SMILES string of the molecule is Cc1nc(OCCO)nc(C)c1-c1cccc(COc2ccc(CC3SC(=O)NC3=O)cc2)c1C. The average Bonchev–Trinajstić information content (AvgIpc) is 3.14. The molecule has 1 aromatic heterocycles. The Morgan fingerprint density at radius 2 is 1.71 bits per heavy atom. The van der Waals surface area contributed by atoms with Gasteiger partial charge in [0.25, 0.3) is 5.24 Å². The van der Waals surface area contributed by atoms with Gasteiger partial charge in [-0.1, -0.05) is 42.1 Å². The fourth-order valence-corrected chi connectivity index (χ4v) is 4.87. The summed E-state index contributed by atoms with van der Waals surface area (Å²) < 4.78 is 11.4. The van der Waals surface area contributed by atoms with Gasteiger partial charge in [-0.05, 0) is 61.6 Å². The van der Waals surface area contributed by atoms with Crippen molar-refractivity contribution in [3.05, 3.63) is 70.5 Å². The van der Waals surface area contributed by atoms with E-state index in [9.17, 15) is 9.59 Å². The van der Waals surface area contributed by atoms with Crippen LogP contribution in [-0.4, -0.2) is 44.7 Å². The molecule has 2 aromatic carbocycles. The number of carbonyl (C=O) groups excluding carboxylic acids is 2. The van der Waals surface area contributed by atoms with Crippen LogP contribution in [0.2, 0.25) is 0 Å². The molecule has 1 aliphatic heterocycles. The summed E-state index contributed by atoms with van der Waals surface area (Å²) in [6.07, 6.45) is 0.494. The van der Waals surface area contributed by atoms with E-state index in [1.165, 1.54) is 0 Å². The van der Waals surface area contributed by atoms with Gasteiger partial charge in [-0.25, -0.2) is 0 Å². The van der Waals surface area contributed by atoms with Gasteiger partial charge in [0.05, 0.1) is 23.2 Å². The van der Waals surface area contributed by atoms with Crippen LogP contribution in [0.5, 0.6) is 11.8 Å². The maximum absolute atomic E-state index is 11.8. The lowest BCUT2D eigenvalue weighted by atomic mass is 9.95. The number of rotatable bonds is 9. The third kappa shape index (κ3) is 5.80. The normalized spacial score (nSPS) is 15.3. The first-order chi connectivity index (χ1) is 16.9. The molecule has 182 valence electrons. The molecule has 0 aliphatic carbocycles. The van der Waals surface area contributed by atoms with E-state index in [0.717, 1.165) is 56.7 Å². The quantitative estimate of drug-likeness (QED) is 0.462. The molecular weight excluding hydrogens is 466 g/mol. The zero-order valence-corrected chi connectivity index (χ0v) is 20.6. The number of nitrogens with one attached hydrogen (secondary N) is 1. The second kappa shape index (κ2) is 10.9. The smallest absolute Gasteiger partial charge is 0.316 e. The molecule has 1 fully saturated rings. The lowest BCUT2D eigenvalue weighted by molar-refractivity contribution is -0.118. The Labute approximate surface area is 208 Å². The second-order valence-electron chi connectivity index (χ2n) is 8.23. The molecule has 1 unspecified atom stereocenters.